The van der Waals surface area contributed by atoms with Gasteiger partial charge in [0.15, 0.2) is 0 Å². The summed E-state index contributed by atoms with van der Waals surface area (Å²) in [5.74, 6) is 0.752. The number of benzene rings is 1. The molecule has 0 heterocycles. The van der Waals surface area contributed by atoms with Gasteiger partial charge in [-0.15, -0.1) is 0 Å². The minimum atomic E-state index is -3.48. The SMILES string of the molecule is CSCCN(C)S(=O)(=O)c1ccc(CO)cc1Br. The van der Waals surface area contributed by atoms with E-state index in [1.165, 1.54) is 10.4 Å². The quantitative estimate of drug-likeness (QED) is 0.848. The molecule has 0 aromatic heterocycles. The summed E-state index contributed by atoms with van der Waals surface area (Å²) in [7, 11) is -1.91. The van der Waals surface area contributed by atoms with Gasteiger partial charge in [0.05, 0.1) is 11.5 Å². The van der Waals surface area contributed by atoms with Gasteiger partial charge in [0.25, 0.3) is 0 Å². The van der Waals surface area contributed by atoms with E-state index in [-0.39, 0.29) is 11.5 Å². The largest absolute Gasteiger partial charge is 0.392 e. The number of sulfonamides is 1. The van der Waals surface area contributed by atoms with E-state index in [9.17, 15) is 8.42 Å². The van der Waals surface area contributed by atoms with E-state index in [2.05, 4.69) is 15.9 Å². The van der Waals surface area contributed by atoms with Gasteiger partial charge in [-0.05, 0) is 39.9 Å². The highest BCUT2D eigenvalue weighted by Gasteiger charge is 2.22. The average Bonchev–Trinajstić information content (AvgIpc) is 2.35. The van der Waals surface area contributed by atoms with Crippen LogP contribution in [0.3, 0.4) is 0 Å². The molecule has 0 aliphatic carbocycles. The van der Waals surface area contributed by atoms with E-state index in [0.717, 1.165) is 5.75 Å². The van der Waals surface area contributed by atoms with Crippen molar-refractivity contribution in [2.45, 2.75) is 11.5 Å². The van der Waals surface area contributed by atoms with Gasteiger partial charge in [0.1, 0.15) is 0 Å². The lowest BCUT2D eigenvalue weighted by atomic mass is 10.2. The van der Waals surface area contributed by atoms with Gasteiger partial charge in [-0.25, -0.2) is 12.7 Å². The molecular weight excluding hydrogens is 338 g/mol. The molecule has 0 saturated carbocycles. The fourth-order valence-corrected chi connectivity index (χ4v) is 4.18. The van der Waals surface area contributed by atoms with Crippen molar-refractivity contribution in [2.75, 3.05) is 25.6 Å². The lowest BCUT2D eigenvalue weighted by Crippen LogP contribution is -2.29. The molecule has 102 valence electrons. The van der Waals surface area contributed by atoms with Gasteiger partial charge in [0.2, 0.25) is 10.0 Å². The number of thioether (sulfide) groups is 1. The molecule has 0 bridgehead atoms. The van der Waals surface area contributed by atoms with Gasteiger partial charge in [-0.2, -0.15) is 11.8 Å². The predicted molar refractivity (Wildman–Crippen MR) is 78.3 cm³/mol. The van der Waals surface area contributed by atoms with Crippen LogP contribution in [0, 0.1) is 0 Å². The standard InChI is InChI=1S/C11H16BrNO3S2/c1-13(5-6-17-2)18(15,16)11-4-3-9(8-14)7-10(11)12/h3-4,7,14H,5-6,8H2,1-2H3. The summed E-state index contributed by atoms with van der Waals surface area (Å²) >= 11 is 4.84. The third-order valence-corrected chi connectivity index (χ3v) is 5.90. The Morgan fingerprint density at radius 2 is 2.11 bits per heavy atom. The molecule has 0 unspecified atom stereocenters. The first-order chi connectivity index (χ1) is 8.43. The Bertz CT molecular complexity index is 505. The van der Waals surface area contributed by atoms with Gasteiger partial charge in [0, 0.05) is 23.8 Å². The number of aliphatic hydroxyl groups is 1. The molecule has 0 spiro atoms. The van der Waals surface area contributed by atoms with Crippen LogP contribution < -0.4 is 0 Å². The molecule has 0 fully saturated rings. The molecule has 0 amide bonds. The Labute approximate surface area is 121 Å². The van der Waals surface area contributed by atoms with Crippen molar-refractivity contribution in [2.24, 2.45) is 0 Å². The van der Waals surface area contributed by atoms with Crippen LogP contribution in [-0.2, 0) is 16.6 Å². The van der Waals surface area contributed by atoms with E-state index < -0.39 is 10.0 Å². The zero-order valence-electron chi connectivity index (χ0n) is 10.3. The van der Waals surface area contributed by atoms with E-state index in [4.69, 9.17) is 5.11 Å². The summed E-state index contributed by atoms with van der Waals surface area (Å²) in [6, 6.07) is 4.75. The van der Waals surface area contributed by atoms with Gasteiger partial charge in [-0.1, -0.05) is 6.07 Å². The van der Waals surface area contributed by atoms with E-state index in [0.29, 0.717) is 16.6 Å². The summed E-state index contributed by atoms with van der Waals surface area (Å²) in [6.45, 7) is 0.360. The summed E-state index contributed by atoms with van der Waals surface area (Å²) in [4.78, 5) is 0.225. The molecule has 1 aromatic rings. The molecular formula is C11H16BrNO3S2. The first kappa shape index (κ1) is 16.0. The Morgan fingerprint density at radius 3 is 2.61 bits per heavy atom. The second-order valence-corrected chi connectivity index (χ2v) is 7.60. The molecule has 4 nitrogen and oxygen atoms in total. The van der Waals surface area contributed by atoms with Crippen LogP contribution >= 0.6 is 27.7 Å². The summed E-state index contributed by atoms with van der Waals surface area (Å²) in [5, 5.41) is 9.00. The second kappa shape index (κ2) is 6.91. The number of hydrogen-bond acceptors (Lipinski definition) is 4. The number of nitrogens with zero attached hydrogens (tertiary/aromatic N) is 1. The maximum Gasteiger partial charge on any atom is 0.243 e. The topological polar surface area (TPSA) is 57.6 Å². The summed E-state index contributed by atoms with van der Waals surface area (Å²) in [5.41, 5.74) is 0.674. The highest BCUT2D eigenvalue weighted by Crippen LogP contribution is 2.25. The first-order valence-electron chi connectivity index (χ1n) is 5.28. The number of halogens is 1. The van der Waals surface area contributed by atoms with E-state index in [1.807, 2.05) is 6.26 Å². The normalized spacial score (nSPS) is 12.1. The Hall–Kier alpha value is -0.0800. The van der Waals surface area contributed by atoms with Crippen molar-refractivity contribution < 1.29 is 13.5 Å². The van der Waals surface area contributed by atoms with Crippen molar-refractivity contribution in [3.05, 3.63) is 28.2 Å². The third kappa shape index (κ3) is 3.71. The van der Waals surface area contributed by atoms with Gasteiger partial charge < -0.3 is 5.11 Å². The summed E-state index contributed by atoms with van der Waals surface area (Å²) < 4.78 is 26.4. The molecule has 0 radical (unpaired) electrons. The van der Waals surface area contributed by atoms with Crippen LogP contribution in [0.1, 0.15) is 5.56 Å². The molecule has 1 N–H and O–H groups in total. The molecule has 0 aliphatic heterocycles. The summed E-state index contributed by atoms with van der Waals surface area (Å²) in [6.07, 6.45) is 1.94. The van der Waals surface area contributed by atoms with Crippen molar-refractivity contribution in [3.63, 3.8) is 0 Å². The highest BCUT2D eigenvalue weighted by molar-refractivity contribution is 9.10. The average molecular weight is 354 g/mol. The van der Waals surface area contributed by atoms with Crippen LogP contribution in [-0.4, -0.2) is 43.4 Å². The molecule has 0 aliphatic rings. The number of hydrogen-bond donors (Lipinski definition) is 1. The minimum absolute atomic E-state index is 0.110. The molecule has 7 heteroatoms. The molecule has 0 saturated heterocycles. The maximum atomic E-state index is 12.3. The predicted octanol–water partition coefficient (Wildman–Crippen LogP) is 1.92. The number of rotatable bonds is 6. The Morgan fingerprint density at radius 1 is 1.44 bits per heavy atom. The second-order valence-electron chi connectivity index (χ2n) is 3.74. The fourth-order valence-electron chi connectivity index (χ4n) is 1.36. The van der Waals surface area contributed by atoms with Crippen molar-refractivity contribution in [1.29, 1.82) is 0 Å². The fraction of sp³-hybridized carbons (Fsp3) is 0.455. The van der Waals surface area contributed by atoms with Crippen LogP contribution in [0.15, 0.2) is 27.6 Å². The smallest absolute Gasteiger partial charge is 0.243 e. The highest BCUT2D eigenvalue weighted by atomic mass is 79.9. The number of aliphatic hydroxyl groups excluding tert-OH is 1. The Balaban J connectivity index is 3.05. The first-order valence-corrected chi connectivity index (χ1v) is 8.90. The van der Waals surface area contributed by atoms with Crippen LogP contribution in [0.5, 0.6) is 0 Å². The molecule has 1 aromatic carbocycles. The van der Waals surface area contributed by atoms with Crippen molar-refractivity contribution >= 4 is 37.7 Å². The lowest BCUT2D eigenvalue weighted by molar-refractivity contribution is 0.281. The Kier molecular flexibility index (Phi) is 6.13. The zero-order chi connectivity index (χ0) is 13.8. The van der Waals surface area contributed by atoms with Crippen LogP contribution in [0.25, 0.3) is 0 Å². The van der Waals surface area contributed by atoms with Crippen molar-refractivity contribution in [1.82, 2.24) is 4.31 Å². The third-order valence-electron chi connectivity index (χ3n) is 2.48. The minimum Gasteiger partial charge on any atom is -0.392 e. The molecule has 18 heavy (non-hydrogen) atoms. The molecule has 0 atom stereocenters. The lowest BCUT2D eigenvalue weighted by Gasteiger charge is -2.17. The van der Waals surface area contributed by atoms with E-state index in [1.54, 1.807) is 30.9 Å². The maximum absolute atomic E-state index is 12.3. The van der Waals surface area contributed by atoms with Crippen LogP contribution in [0.2, 0.25) is 0 Å². The monoisotopic (exact) mass is 353 g/mol. The van der Waals surface area contributed by atoms with Gasteiger partial charge in [-0.3, -0.25) is 0 Å². The van der Waals surface area contributed by atoms with E-state index >= 15 is 0 Å². The van der Waals surface area contributed by atoms with Gasteiger partial charge >= 0.3 is 0 Å². The van der Waals surface area contributed by atoms with Crippen molar-refractivity contribution in [3.8, 4) is 0 Å². The molecule has 1 rings (SSSR count). The van der Waals surface area contributed by atoms with Crippen LogP contribution in [0.4, 0.5) is 0 Å². The zero-order valence-corrected chi connectivity index (χ0v) is 13.5.